The summed E-state index contributed by atoms with van der Waals surface area (Å²) in [5.41, 5.74) is 8.17. The summed E-state index contributed by atoms with van der Waals surface area (Å²) in [7, 11) is 3.41. The number of likely N-dealkylation sites (N-methyl/N-ethyl adjacent to an activating group) is 1. The molecule has 2 rings (SSSR count). The van der Waals surface area contributed by atoms with Crippen LogP contribution in [0.3, 0.4) is 0 Å². The first-order valence-electron chi connectivity index (χ1n) is 5.27. The van der Waals surface area contributed by atoms with Crippen molar-refractivity contribution < 1.29 is 4.79 Å². The molecule has 6 heteroatoms. The molecule has 0 aromatic carbocycles. The number of hydrogen-bond acceptors (Lipinski definition) is 4. The number of pyridine rings is 1. The van der Waals surface area contributed by atoms with Crippen molar-refractivity contribution in [1.29, 1.82) is 0 Å². The molecule has 0 saturated heterocycles. The van der Waals surface area contributed by atoms with Gasteiger partial charge in [-0.05, 0) is 18.6 Å². The van der Waals surface area contributed by atoms with E-state index in [1.165, 1.54) is 4.90 Å². The molecule has 0 aliphatic heterocycles. The molecule has 0 aliphatic rings. The Morgan fingerprint density at radius 1 is 1.53 bits per heavy atom. The molecule has 0 saturated carbocycles. The van der Waals surface area contributed by atoms with Gasteiger partial charge in [0.25, 0.3) is 0 Å². The fourth-order valence-electron chi connectivity index (χ4n) is 1.56. The molecular weight excluding hydrogens is 218 g/mol. The number of carbonyl (C=O) groups excluding carboxylic acids is 1. The summed E-state index contributed by atoms with van der Waals surface area (Å²) in [6, 6.07) is 1.90. The fourth-order valence-corrected chi connectivity index (χ4v) is 1.56. The van der Waals surface area contributed by atoms with Gasteiger partial charge in [0.2, 0.25) is 11.9 Å². The van der Waals surface area contributed by atoms with E-state index in [2.05, 4.69) is 9.97 Å². The zero-order valence-electron chi connectivity index (χ0n) is 10.1. The van der Waals surface area contributed by atoms with Crippen LogP contribution >= 0.6 is 0 Å². The minimum atomic E-state index is -0.0432. The summed E-state index contributed by atoms with van der Waals surface area (Å²) >= 11 is 0. The Labute approximate surface area is 99.1 Å². The Kier molecular flexibility index (Phi) is 2.71. The van der Waals surface area contributed by atoms with Crippen LogP contribution in [0, 0.1) is 6.92 Å². The molecular formula is C11H15N5O. The summed E-state index contributed by atoms with van der Waals surface area (Å²) in [4.78, 5) is 21.6. The number of aryl methyl sites for hydroxylation is 1. The highest BCUT2D eigenvalue weighted by atomic mass is 16.2. The first-order valence-corrected chi connectivity index (χ1v) is 5.27. The van der Waals surface area contributed by atoms with Gasteiger partial charge in [-0.3, -0.25) is 9.36 Å². The molecule has 0 radical (unpaired) electrons. The summed E-state index contributed by atoms with van der Waals surface area (Å²) in [5, 5.41) is 0. The van der Waals surface area contributed by atoms with Gasteiger partial charge in [-0.2, -0.15) is 0 Å². The van der Waals surface area contributed by atoms with Crippen LogP contribution in [0.25, 0.3) is 11.2 Å². The quantitative estimate of drug-likeness (QED) is 0.815. The normalized spacial score (nSPS) is 10.8. The van der Waals surface area contributed by atoms with Gasteiger partial charge >= 0.3 is 0 Å². The second-order valence-electron chi connectivity index (χ2n) is 4.20. The second-order valence-corrected chi connectivity index (χ2v) is 4.20. The van der Waals surface area contributed by atoms with Gasteiger partial charge in [-0.25, -0.2) is 9.97 Å². The minimum Gasteiger partial charge on any atom is -0.369 e. The Morgan fingerprint density at radius 3 is 2.88 bits per heavy atom. The van der Waals surface area contributed by atoms with Gasteiger partial charge in [0, 0.05) is 20.3 Å². The number of hydrogen-bond donors (Lipinski definition) is 1. The number of carbonyl (C=O) groups is 1. The van der Waals surface area contributed by atoms with Crippen LogP contribution < -0.4 is 5.73 Å². The standard InChI is InChI=1S/C11H15N5O/c1-7-4-8-10(13-5-7)16(11(12)14-8)6-9(17)15(2)3/h4-5H,6H2,1-3H3,(H2,12,14). The maximum absolute atomic E-state index is 11.7. The molecule has 2 heterocycles. The molecule has 0 bridgehead atoms. The molecule has 2 aromatic rings. The van der Waals surface area contributed by atoms with E-state index < -0.39 is 0 Å². The number of aromatic nitrogens is 3. The third-order valence-electron chi connectivity index (χ3n) is 2.54. The first-order chi connectivity index (χ1) is 7.99. The minimum absolute atomic E-state index is 0.0432. The Bertz CT molecular complexity index is 572. The highest BCUT2D eigenvalue weighted by Crippen LogP contribution is 2.16. The third kappa shape index (κ3) is 2.06. The molecule has 0 unspecified atom stereocenters. The highest BCUT2D eigenvalue weighted by molar-refractivity contribution is 5.80. The second kappa shape index (κ2) is 4.04. The highest BCUT2D eigenvalue weighted by Gasteiger charge is 2.13. The number of nitrogens with two attached hydrogens (primary N) is 1. The predicted molar refractivity (Wildman–Crippen MR) is 65.4 cm³/mol. The van der Waals surface area contributed by atoms with Gasteiger partial charge < -0.3 is 10.6 Å². The summed E-state index contributed by atoms with van der Waals surface area (Å²) in [5.74, 6) is 0.270. The number of imidazole rings is 1. The van der Waals surface area contributed by atoms with E-state index in [0.29, 0.717) is 17.1 Å². The average Bonchev–Trinajstić information content (AvgIpc) is 2.54. The van der Waals surface area contributed by atoms with E-state index in [-0.39, 0.29) is 12.5 Å². The monoisotopic (exact) mass is 233 g/mol. The average molecular weight is 233 g/mol. The molecule has 1 amide bonds. The van der Waals surface area contributed by atoms with Crippen molar-refractivity contribution in [3.05, 3.63) is 17.8 Å². The van der Waals surface area contributed by atoms with Crippen LogP contribution in [-0.4, -0.2) is 39.4 Å². The lowest BCUT2D eigenvalue weighted by atomic mass is 10.3. The van der Waals surface area contributed by atoms with Crippen molar-refractivity contribution in [2.75, 3.05) is 19.8 Å². The lowest BCUT2D eigenvalue weighted by Crippen LogP contribution is -2.26. The Morgan fingerprint density at radius 2 is 2.24 bits per heavy atom. The number of nitrogens with zero attached hydrogens (tertiary/aromatic N) is 4. The van der Waals surface area contributed by atoms with Crippen molar-refractivity contribution in [1.82, 2.24) is 19.4 Å². The van der Waals surface area contributed by atoms with Crippen molar-refractivity contribution in [3.8, 4) is 0 Å². The topological polar surface area (TPSA) is 77.0 Å². The maximum atomic E-state index is 11.7. The number of anilines is 1. The molecule has 0 aliphatic carbocycles. The molecule has 17 heavy (non-hydrogen) atoms. The maximum Gasteiger partial charge on any atom is 0.242 e. The molecule has 6 nitrogen and oxygen atoms in total. The van der Waals surface area contributed by atoms with E-state index in [9.17, 15) is 4.79 Å². The van der Waals surface area contributed by atoms with Gasteiger partial charge in [0.05, 0.1) is 0 Å². The van der Waals surface area contributed by atoms with E-state index in [1.54, 1.807) is 24.9 Å². The number of amides is 1. The zero-order chi connectivity index (χ0) is 12.6. The van der Waals surface area contributed by atoms with Crippen molar-refractivity contribution >= 4 is 23.0 Å². The van der Waals surface area contributed by atoms with Gasteiger partial charge in [-0.1, -0.05) is 0 Å². The summed E-state index contributed by atoms with van der Waals surface area (Å²) < 4.78 is 1.62. The van der Waals surface area contributed by atoms with E-state index in [1.807, 2.05) is 13.0 Å². The van der Waals surface area contributed by atoms with Crippen LogP contribution in [0.4, 0.5) is 5.95 Å². The SMILES string of the molecule is Cc1cnc2c(c1)nc(N)n2CC(=O)N(C)C. The first kappa shape index (κ1) is 11.4. The molecule has 2 N–H and O–H groups in total. The van der Waals surface area contributed by atoms with Crippen LogP contribution in [0.1, 0.15) is 5.56 Å². The van der Waals surface area contributed by atoms with Crippen molar-refractivity contribution in [2.45, 2.75) is 13.5 Å². The van der Waals surface area contributed by atoms with Crippen molar-refractivity contribution in [3.63, 3.8) is 0 Å². The largest absolute Gasteiger partial charge is 0.369 e. The molecule has 90 valence electrons. The van der Waals surface area contributed by atoms with E-state index in [4.69, 9.17) is 5.73 Å². The summed E-state index contributed by atoms with van der Waals surface area (Å²) in [6.45, 7) is 2.10. The molecule has 0 fully saturated rings. The fraction of sp³-hybridized carbons (Fsp3) is 0.364. The zero-order valence-corrected chi connectivity index (χ0v) is 10.1. The third-order valence-corrected chi connectivity index (χ3v) is 2.54. The summed E-state index contributed by atoms with van der Waals surface area (Å²) in [6.07, 6.45) is 1.74. The number of nitrogen functional groups attached to an aromatic ring is 1. The lowest BCUT2D eigenvalue weighted by molar-refractivity contribution is -0.129. The molecule has 0 atom stereocenters. The van der Waals surface area contributed by atoms with E-state index in [0.717, 1.165) is 5.56 Å². The van der Waals surface area contributed by atoms with Crippen molar-refractivity contribution in [2.24, 2.45) is 0 Å². The predicted octanol–water partition coefficient (Wildman–Crippen LogP) is 0.410. The van der Waals surface area contributed by atoms with Crippen LogP contribution in [0.5, 0.6) is 0 Å². The van der Waals surface area contributed by atoms with Crippen LogP contribution in [0.2, 0.25) is 0 Å². The number of fused-ring (bicyclic) bond motifs is 1. The Balaban J connectivity index is 2.46. The molecule has 0 spiro atoms. The lowest BCUT2D eigenvalue weighted by Gasteiger charge is -2.11. The van der Waals surface area contributed by atoms with Gasteiger partial charge in [0.1, 0.15) is 12.1 Å². The smallest absolute Gasteiger partial charge is 0.242 e. The van der Waals surface area contributed by atoms with Crippen LogP contribution in [0.15, 0.2) is 12.3 Å². The van der Waals surface area contributed by atoms with Gasteiger partial charge in [-0.15, -0.1) is 0 Å². The Hall–Kier alpha value is -2.11. The molecule has 2 aromatic heterocycles. The van der Waals surface area contributed by atoms with Crippen LogP contribution in [-0.2, 0) is 11.3 Å². The number of rotatable bonds is 2. The van der Waals surface area contributed by atoms with Gasteiger partial charge in [0.15, 0.2) is 5.65 Å². The van der Waals surface area contributed by atoms with E-state index >= 15 is 0 Å².